The molecule has 11 heteroatoms. The number of rotatable bonds is 5. The fourth-order valence-electron chi connectivity index (χ4n) is 4.52. The lowest BCUT2D eigenvalue weighted by molar-refractivity contribution is -0.254. The topological polar surface area (TPSA) is 17.1 Å². The Balaban J connectivity index is 1.79. The van der Waals surface area contributed by atoms with Crippen LogP contribution in [0.15, 0.2) is 46.7 Å². The highest BCUT2D eigenvalue weighted by Gasteiger charge is 2.80. The van der Waals surface area contributed by atoms with Gasteiger partial charge in [-0.3, -0.25) is 4.79 Å². The van der Waals surface area contributed by atoms with Gasteiger partial charge < -0.3 is 0 Å². The summed E-state index contributed by atoms with van der Waals surface area (Å²) in [5.41, 5.74) is -2.01. The van der Waals surface area contributed by atoms with E-state index in [1.807, 2.05) is 30.3 Å². The lowest BCUT2D eigenvalue weighted by Crippen LogP contribution is -2.48. The van der Waals surface area contributed by atoms with Crippen molar-refractivity contribution in [1.29, 1.82) is 0 Å². The average Bonchev–Trinajstić information content (AvgIpc) is 3.60. The molecule has 2 aliphatic rings. The summed E-state index contributed by atoms with van der Waals surface area (Å²) < 4.78 is 91.7. The highest BCUT2D eigenvalue weighted by Crippen LogP contribution is 2.66. The summed E-state index contributed by atoms with van der Waals surface area (Å²) >= 11 is 5.12. The normalized spacial score (nSPS) is 20.1. The molecule has 3 heterocycles. The highest BCUT2D eigenvalue weighted by molar-refractivity contribution is 8.25. The Morgan fingerprint density at radius 2 is 1.35 bits per heavy atom. The van der Waals surface area contributed by atoms with Crippen molar-refractivity contribution < 1.29 is 31.1 Å². The number of hydrogen-bond donors (Lipinski definition) is 0. The third kappa shape index (κ3) is 4.04. The first-order valence-electron chi connectivity index (χ1n) is 11.0. The third-order valence-corrected chi connectivity index (χ3v) is 11.0. The maximum atomic E-state index is 15.4. The first-order chi connectivity index (χ1) is 17.4. The van der Waals surface area contributed by atoms with Crippen molar-refractivity contribution in [3.63, 3.8) is 0 Å². The summed E-state index contributed by atoms with van der Waals surface area (Å²) in [6.45, 7) is 2.82. The second kappa shape index (κ2) is 9.36. The van der Waals surface area contributed by atoms with E-state index in [1.54, 1.807) is 23.5 Å². The predicted octanol–water partition coefficient (Wildman–Crippen LogP) is 9.27. The van der Waals surface area contributed by atoms with Gasteiger partial charge in [-0.1, -0.05) is 30.3 Å². The molecule has 0 N–H and O–H groups in total. The first-order valence-corrected chi connectivity index (χ1v) is 14.6. The number of allylic oxidation sites excluding steroid dienone is 2. The Labute approximate surface area is 225 Å². The number of thiophene rings is 2. The monoisotopic (exact) mass is 588 g/mol. The number of alkyl halides is 6. The molecule has 0 saturated carbocycles. The summed E-state index contributed by atoms with van der Waals surface area (Å²) in [7, 11) is 0. The van der Waals surface area contributed by atoms with E-state index in [2.05, 4.69) is 0 Å². The fraction of sp³-hybridized carbons (Fsp3) is 0.269. The van der Waals surface area contributed by atoms with Gasteiger partial charge in [-0.05, 0) is 42.7 Å². The summed E-state index contributed by atoms with van der Waals surface area (Å²) in [5, 5.41) is 0. The molecule has 0 amide bonds. The van der Waals surface area contributed by atoms with E-state index in [1.165, 1.54) is 19.9 Å². The number of aryl methyl sites for hydroxylation is 2. The maximum absolute atomic E-state index is 15.4. The molecular formula is C26H18F6OS4. The van der Waals surface area contributed by atoms with Crippen LogP contribution in [0.2, 0.25) is 0 Å². The van der Waals surface area contributed by atoms with Crippen LogP contribution < -0.4 is 0 Å². The number of benzene rings is 1. The SMILES string of the molecule is Cc1sc(C=O)cc1C1=C(c2cc(C(=C3SCCS3)c3ccccc3)sc2C)C(F)(F)C(F)(F)C1(F)F. The minimum Gasteiger partial charge on any atom is -0.297 e. The molecule has 1 aromatic carbocycles. The van der Waals surface area contributed by atoms with Crippen molar-refractivity contribution in [2.45, 2.75) is 31.6 Å². The van der Waals surface area contributed by atoms with Crippen LogP contribution in [0.1, 0.15) is 41.0 Å². The van der Waals surface area contributed by atoms with Crippen molar-refractivity contribution in [1.82, 2.24) is 0 Å². The number of carbonyl (C=O) groups excluding carboxylic acids is 1. The Hall–Kier alpha value is -1.95. The third-order valence-electron chi connectivity index (χ3n) is 6.24. The zero-order valence-corrected chi connectivity index (χ0v) is 22.6. The average molecular weight is 589 g/mol. The lowest BCUT2D eigenvalue weighted by Gasteiger charge is -2.25. The van der Waals surface area contributed by atoms with Gasteiger partial charge in [0.25, 0.3) is 0 Å². The molecule has 1 saturated heterocycles. The van der Waals surface area contributed by atoms with Gasteiger partial charge in [0.15, 0.2) is 6.29 Å². The van der Waals surface area contributed by atoms with E-state index < -0.39 is 34.5 Å². The van der Waals surface area contributed by atoms with E-state index in [9.17, 15) is 13.6 Å². The number of carbonyl (C=O) groups is 1. The second-order valence-corrected chi connectivity index (χ2v) is 13.5. The Bertz CT molecular complexity index is 1440. The quantitative estimate of drug-likeness (QED) is 0.218. The van der Waals surface area contributed by atoms with Crippen LogP contribution in [-0.2, 0) is 0 Å². The molecule has 37 heavy (non-hydrogen) atoms. The smallest absolute Gasteiger partial charge is 0.297 e. The molecule has 5 rings (SSSR count). The molecule has 194 valence electrons. The molecule has 1 aliphatic heterocycles. The van der Waals surface area contributed by atoms with Crippen LogP contribution in [0.25, 0.3) is 16.7 Å². The van der Waals surface area contributed by atoms with Crippen molar-refractivity contribution >= 4 is 69.2 Å². The van der Waals surface area contributed by atoms with Gasteiger partial charge in [0.2, 0.25) is 0 Å². The Morgan fingerprint density at radius 1 is 0.811 bits per heavy atom. The number of aldehydes is 1. The predicted molar refractivity (Wildman–Crippen MR) is 143 cm³/mol. The Morgan fingerprint density at radius 3 is 1.89 bits per heavy atom. The van der Waals surface area contributed by atoms with Gasteiger partial charge in [0.05, 0.1) is 4.88 Å². The summed E-state index contributed by atoms with van der Waals surface area (Å²) in [5.74, 6) is -14.2. The van der Waals surface area contributed by atoms with Crippen LogP contribution in [0.4, 0.5) is 26.3 Å². The molecular weight excluding hydrogens is 571 g/mol. The van der Waals surface area contributed by atoms with Gasteiger partial charge in [-0.15, -0.1) is 46.2 Å². The number of thioether (sulfide) groups is 2. The molecule has 0 unspecified atom stereocenters. The molecule has 0 bridgehead atoms. The molecule has 2 aromatic heterocycles. The molecule has 1 nitrogen and oxygen atoms in total. The van der Waals surface area contributed by atoms with Crippen LogP contribution in [0.3, 0.4) is 0 Å². The molecule has 0 spiro atoms. The minimum absolute atomic E-state index is 0.0113. The van der Waals surface area contributed by atoms with Crippen LogP contribution in [0, 0.1) is 13.8 Å². The van der Waals surface area contributed by atoms with E-state index in [4.69, 9.17) is 0 Å². The molecule has 1 fully saturated rings. The van der Waals surface area contributed by atoms with E-state index >= 15 is 17.6 Å². The molecule has 3 aromatic rings. The summed E-state index contributed by atoms with van der Waals surface area (Å²) in [4.78, 5) is 12.1. The van der Waals surface area contributed by atoms with Gasteiger partial charge in [-0.2, -0.15) is 26.3 Å². The van der Waals surface area contributed by atoms with Gasteiger partial charge in [-0.25, -0.2) is 0 Å². The number of hydrogen-bond acceptors (Lipinski definition) is 5. The largest absolute Gasteiger partial charge is 0.380 e. The van der Waals surface area contributed by atoms with Crippen LogP contribution in [0.5, 0.6) is 0 Å². The molecule has 0 atom stereocenters. The van der Waals surface area contributed by atoms with Crippen LogP contribution in [-0.4, -0.2) is 35.6 Å². The van der Waals surface area contributed by atoms with Crippen molar-refractivity contribution in [3.05, 3.63) is 82.9 Å². The first kappa shape index (κ1) is 26.6. The maximum Gasteiger partial charge on any atom is 0.380 e. The van der Waals surface area contributed by atoms with Gasteiger partial charge in [0, 0.05) is 47.1 Å². The summed E-state index contributed by atoms with van der Waals surface area (Å²) in [6.07, 6.45) is 0.383. The zero-order chi connectivity index (χ0) is 26.8. The van der Waals surface area contributed by atoms with Crippen molar-refractivity contribution in [3.8, 4) is 0 Å². The highest BCUT2D eigenvalue weighted by atomic mass is 32.2. The van der Waals surface area contributed by atoms with E-state index in [0.717, 1.165) is 55.6 Å². The van der Waals surface area contributed by atoms with E-state index in [0.29, 0.717) is 11.2 Å². The van der Waals surface area contributed by atoms with Crippen molar-refractivity contribution in [2.24, 2.45) is 0 Å². The Kier molecular flexibility index (Phi) is 6.74. The lowest BCUT2D eigenvalue weighted by atomic mass is 9.94. The second-order valence-electron chi connectivity index (χ2n) is 8.52. The standard InChI is InChI=1S/C26H18F6OS4/c1-13-17(10-16(12-33)36-13)21-22(25(29,30)26(31,32)24(21,27)28)18-11-19(37-14(18)2)20(23-34-8-9-35-23)15-6-4-3-5-7-15/h3-7,10-12H,8-9H2,1-2H3. The summed E-state index contributed by atoms with van der Waals surface area (Å²) in [6, 6.07) is 11.5. The fourth-order valence-corrected chi connectivity index (χ4v) is 9.21. The van der Waals surface area contributed by atoms with Crippen LogP contribution >= 0.6 is 46.2 Å². The molecule has 0 radical (unpaired) electrons. The zero-order valence-electron chi connectivity index (χ0n) is 19.3. The number of halogens is 6. The minimum atomic E-state index is -5.65. The van der Waals surface area contributed by atoms with Gasteiger partial charge in [0.1, 0.15) is 0 Å². The van der Waals surface area contributed by atoms with Gasteiger partial charge >= 0.3 is 17.8 Å². The van der Waals surface area contributed by atoms with Crippen molar-refractivity contribution in [2.75, 3.05) is 11.5 Å². The van der Waals surface area contributed by atoms with E-state index in [-0.39, 0.29) is 20.2 Å². The molecule has 1 aliphatic carbocycles.